The summed E-state index contributed by atoms with van der Waals surface area (Å²) in [4.78, 5) is 18.9. The molecule has 3 aromatic heterocycles. The minimum Gasteiger partial charge on any atom is -0.309 e. The van der Waals surface area contributed by atoms with Crippen LogP contribution in [0.2, 0.25) is 0 Å². The molecule has 0 aliphatic heterocycles. The monoisotopic (exact) mass is 903 g/mol. The predicted octanol–water partition coefficient (Wildman–Crippen LogP) is 12.2. The van der Waals surface area contributed by atoms with E-state index < -0.39 is 0 Å². The molecule has 0 amide bonds. The zero-order valence-corrected chi connectivity index (χ0v) is 34.2. The van der Waals surface area contributed by atoms with Crippen molar-refractivity contribution in [2.24, 2.45) is 0 Å². The van der Waals surface area contributed by atoms with Crippen molar-refractivity contribution >= 4 is 21.8 Å². The topological polar surface area (TPSA) is 56.5 Å². The number of aryl methyl sites for hydroxylation is 4. The molecule has 0 N–H and O–H groups in total. The van der Waals surface area contributed by atoms with Gasteiger partial charge in [0.1, 0.15) is 11.6 Å². The van der Waals surface area contributed by atoms with E-state index >= 15 is 0 Å². The summed E-state index contributed by atoms with van der Waals surface area (Å²) in [5.74, 6) is 2.25. The summed E-state index contributed by atoms with van der Waals surface area (Å²) in [5, 5.41) is 2.42. The number of nitrogens with zero attached hydrogens (tertiary/aromatic N) is 5. The number of benzene rings is 6. The van der Waals surface area contributed by atoms with Crippen molar-refractivity contribution in [2.45, 2.75) is 40.5 Å². The van der Waals surface area contributed by atoms with Gasteiger partial charge in [-0.05, 0) is 66.6 Å². The minimum absolute atomic E-state index is 0. The fourth-order valence-electron chi connectivity index (χ4n) is 7.80. The minimum atomic E-state index is 0. The van der Waals surface area contributed by atoms with E-state index in [-0.39, 0.29) is 20.1 Å². The second-order valence-electron chi connectivity index (χ2n) is 14.1. The Hall–Kier alpha value is -6.07. The molecule has 6 aromatic carbocycles. The SMILES string of the molecule is CCc1nc(CC)nc(-c2ccc(-c3[c-]cc(-c4ccccc4-c4cc(C)cc(C)c4)c(-c4ccc5c(c4)c4ccccc4n5-c4ccccc4)c3)nc2)n1.[Ir]. The summed E-state index contributed by atoms with van der Waals surface area (Å²) < 4.78 is 2.36. The average Bonchev–Trinajstić information content (AvgIpc) is 3.57. The Morgan fingerprint density at radius 2 is 1.20 bits per heavy atom. The summed E-state index contributed by atoms with van der Waals surface area (Å²) in [6.07, 6.45) is 3.37. The van der Waals surface area contributed by atoms with Gasteiger partial charge in [0.05, 0.1) is 11.0 Å². The smallest absolute Gasteiger partial charge is 0.164 e. The number of fused-ring (bicyclic) bond motifs is 3. The van der Waals surface area contributed by atoms with Gasteiger partial charge in [-0.3, -0.25) is 0 Å². The molecule has 3 heterocycles. The first kappa shape index (κ1) is 36.9. The van der Waals surface area contributed by atoms with Crippen molar-refractivity contribution < 1.29 is 20.1 Å². The van der Waals surface area contributed by atoms with Crippen LogP contribution in [0.1, 0.15) is 36.6 Å². The Balaban J connectivity index is 0.00000441. The van der Waals surface area contributed by atoms with Crippen molar-refractivity contribution in [1.29, 1.82) is 0 Å². The van der Waals surface area contributed by atoms with Crippen LogP contribution in [-0.2, 0) is 32.9 Å². The van der Waals surface area contributed by atoms with E-state index in [1.807, 2.05) is 12.3 Å². The Kier molecular flexibility index (Phi) is 10.3. The van der Waals surface area contributed by atoms with Gasteiger partial charge in [-0.2, -0.15) is 0 Å². The maximum atomic E-state index is 4.95. The van der Waals surface area contributed by atoms with Crippen LogP contribution in [0.3, 0.4) is 0 Å². The van der Waals surface area contributed by atoms with Crippen LogP contribution in [0.4, 0.5) is 0 Å². The van der Waals surface area contributed by atoms with Crippen LogP contribution >= 0.6 is 0 Å². The fourth-order valence-corrected chi connectivity index (χ4v) is 7.80. The summed E-state index contributed by atoms with van der Waals surface area (Å²) in [6.45, 7) is 8.46. The molecule has 6 heteroatoms. The van der Waals surface area contributed by atoms with E-state index in [4.69, 9.17) is 15.0 Å². The zero-order chi connectivity index (χ0) is 37.5. The maximum absolute atomic E-state index is 4.95. The number of para-hydroxylation sites is 2. The molecule has 0 saturated heterocycles. The van der Waals surface area contributed by atoms with E-state index in [1.165, 1.54) is 44.1 Å². The molecule has 0 aliphatic rings. The predicted molar refractivity (Wildman–Crippen MR) is 226 cm³/mol. The van der Waals surface area contributed by atoms with Gasteiger partial charge in [0, 0.05) is 61.2 Å². The van der Waals surface area contributed by atoms with E-state index in [1.54, 1.807) is 0 Å². The molecular weight excluding hydrogens is 863 g/mol. The second-order valence-corrected chi connectivity index (χ2v) is 14.1. The first-order valence-corrected chi connectivity index (χ1v) is 19.0. The summed E-state index contributed by atoms with van der Waals surface area (Å²) in [5.41, 5.74) is 15.5. The number of hydrogen-bond acceptors (Lipinski definition) is 4. The number of rotatable bonds is 8. The van der Waals surface area contributed by atoms with Gasteiger partial charge in [-0.25, -0.2) is 15.0 Å². The average molecular weight is 903 g/mol. The Morgan fingerprint density at radius 3 is 1.91 bits per heavy atom. The first-order valence-electron chi connectivity index (χ1n) is 19.0. The van der Waals surface area contributed by atoms with Crippen LogP contribution in [0.25, 0.3) is 83.5 Å². The van der Waals surface area contributed by atoms with Crippen molar-refractivity contribution in [3.8, 4) is 61.7 Å². The van der Waals surface area contributed by atoms with Crippen molar-refractivity contribution in [3.05, 3.63) is 175 Å². The van der Waals surface area contributed by atoms with E-state index in [9.17, 15) is 0 Å². The molecule has 0 fully saturated rings. The largest absolute Gasteiger partial charge is 0.309 e. The van der Waals surface area contributed by atoms with Crippen LogP contribution in [0, 0.1) is 19.9 Å². The quantitative estimate of drug-likeness (QED) is 0.143. The van der Waals surface area contributed by atoms with Gasteiger partial charge in [0.25, 0.3) is 0 Å². The summed E-state index contributed by atoms with van der Waals surface area (Å²) in [6, 6.07) is 53.8. The molecule has 0 aliphatic carbocycles. The number of hydrogen-bond donors (Lipinski definition) is 0. The van der Waals surface area contributed by atoms with Crippen LogP contribution in [-0.4, -0.2) is 24.5 Å². The van der Waals surface area contributed by atoms with Gasteiger partial charge >= 0.3 is 0 Å². The van der Waals surface area contributed by atoms with E-state index in [0.717, 1.165) is 69.3 Å². The Bertz CT molecular complexity index is 2820. The zero-order valence-electron chi connectivity index (χ0n) is 31.8. The van der Waals surface area contributed by atoms with Gasteiger partial charge in [-0.1, -0.05) is 139 Å². The van der Waals surface area contributed by atoms with E-state index in [0.29, 0.717) is 5.82 Å². The van der Waals surface area contributed by atoms with Crippen LogP contribution in [0.5, 0.6) is 0 Å². The second kappa shape index (κ2) is 15.6. The molecule has 0 spiro atoms. The molecule has 275 valence electrons. The third-order valence-electron chi connectivity index (χ3n) is 10.4. The van der Waals surface area contributed by atoms with Crippen molar-refractivity contribution in [1.82, 2.24) is 24.5 Å². The van der Waals surface area contributed by atoms with Crippen LogP contribution < -0.4 is 0 Å². The maximum Gasteiger partial charge on any atom is 0.164 e. The molecular formula is C50H40IrN5-. The first-order chi connectivity index (χ1) is 27.0. The van der Waals surface area contributed by atoms with Gasteiger partial charge < -0.3 is 9.55 Å². The van der Waals surface area contributed by atoms with E-state index in [2.05, 4.69) is 177 Å². The molecule has 9 aromatic rings. The Labute approximate surface area is 341 Å². The van der Waals surface area contributed by atoms with Gasteiger partial charge in [-0.15, -0.1) is 23.8 Å². The standard InChI is InChI=1S/C50H40N5.Ir/c1-5-48-52-49(6-2)54-50(53-48)36-21-24-45(51-31-36)35-20-23-41(40-17-11-10-16-39(40)37-27-32(3)26-33(4)28-37)43(30-35)34-22-25-47-44(29-34)42-18-12-13-19-46(42)55(47)38-14-8-7-9-15-38;/h7-19,21-31H,5-6H2,1-4H3;/q-1;. The molecule has 9 rings (SSSR count). The van der Waals surface area contributed by atoms with Crippen molar-refractivity contribution in [2.75, 3.05) is 0 Å². The third kappa shape index (κ3) is 6.87. The summed E-state index contributed by atoms with van der Waals surface area (Å²) in [7, 11) is 0. The van der Waals surface area contributed by atoms with Crippen LogP contribution in [0.15, 0.2) is 146 Å². The molecule has 5 nitrogen and oxygen atoms in total. The fraction of sp³-hybridized carbons (Fsp3) is 0.120. The number of aromatic nitrogens is 5. The normalized spacial score (nSPS) is 11.2. The Morgan fingerprint density at radius 1 is 0.536 bits per heavy atom. The molecule has 0 atom stereocenters. The summed E-state index contributed by atoms with van der Waals surface area (Å²) >= 11 is 0. The van der Waals surface area contributed by atoms with Gasteiger partial charge in [0.2, 0.25) is 0 Å². The van der Waals surface area contributed by atoms with Gasteiger partial charge in [0.15, 0.2) is 5.82 Å². The molecule has 56 heavy (non-hydrogen) atoms. The molecule has 0 bridgehead atoms. The number of pyridine rings is 1. The van der Waals surface area contributed by atoms with Crippen molar-refractivity contribution in [3.63, 3.8) is 0 Å². The molecule has 0 saturated carbocycles. The third-order valence-corrected chi connectivity index (χ3v) is 10.4. The molecule has 1 radical (unpaired) electrons. The molecule has 0 unspecified atom stereocenters.